The highest BCUT2D eigenvalue weighted by molar-refractivity contribution is 5.78. The summed E-state index contributed by atoms with van der Waals surface area (Å²) >= 11 is 0. The van der Waals surface area contributed by atoms with Crippen LogP contribution in [0.3, 0.4) is 0 Å². The van der Waals surface area contributed by atoms with Gasteiger partial charge in [-0.15, -0.1) is 0 Å². The van der Waals surface area contributed by atoms with Crippen LogP contribution in [0.25, 0.3) is 0 Å². The highest BCUT2D eigenvalue weighted by atomic mass is 16.7. The lowest BCUT2D eigenvalue weighted by molar-refractivity contribution is -0.334. The van der Waals surface area contributed by atoms with Crippen molar-refractivity contribution in [3.05, 3.63) is 47.6 Å². The van der Waals surface area contributed by atoms with Crippen LogP contribution in [0, 0.1) is 23.7 Å². The van der Waals surface area contributed by atoms with Crippen LogP contribution in [0.5, 0.6) is 0 Å². The maximum Gasteiger partial charge on any atom is 0.338 e. The van der Waals surface area contributed by atoms with Gasteiger partial charge >= 0.3 is 5.97 Å². The van der Waals surface area contributed by atoms with Crippen molar-refractivity contribution in [2.45, 2.75) is 222 Å². The van der Waals surface area contributed by atoms with Crippen molar-refractivity contribution in [3.63, 3.8) is 0 Å². The average molecular weight is 917 g/mol. The third kappa shape index (κ3) is 11.4. The Kier molecular flexibility index (Phi) is 16.3. The summed E-state index contributed by atoms with van der Waals surface area (Å²) in [6.45, 7) is 18.8. The molecule has 0 unspecified atom stereocenters. The van der Waals surface area contributed by atoms with Crippen LogP contribution >= 0.6 is 0 Å². The van der Waals surface area contributed by atoms with E-state index in [0.717, 1.165) is 43.3 Å². The number of rotatable bonds is 14. The third-order valence-corrected chi connectivity index (χ3v) is 15.5. The largest absolute Gasteiger partial charge is 0.459 e. The topological polar surface area (TPSA) is 192 Å². The minimum Gasteiger partial charge on any atom is -0.459 e. The normalized spacial score (nSPS) is 42.7. The first kappa shape index (κ1) is 50.8. The SMILES string of the molecule is C=C1[C@@H](O)[C@@H]2O[C@]3(CC[C@H](/C=C/[C@@H](C)[C@@H]4CC(C)=C[C@@]5(O[C@H](C[C@@](C)(O)C(=O)OC/C(C)=C/CCO)CC[C@H]5O)O4)O3)CC[C@H]2O[C@@H]1[C@@H](O)C[C@H](C)[C@H]1O[C@@]2(CC[C@H]1C)OCCC[C@H]2C. The molecule has 3 spiro atoms. The summed E-state index contributed by atoms with van der Waals surface area (Å²) < 4.78 is 51.3. The summed E-state index contributed by atoms with van der Waals surface area (Å²) in [5.41, 5.74) is 0.366. The lowest BCUT2D eigenvalue weighted by atomic mass is 9.78. The fraction of sp³-hybridized carbons (Fsp3) is 0.824. The van der Waals surface area contributed by atoms with Gasteiger partial charge in [-0.1, -0.05) is 58.1 Å². The second-order valence-electron chi connectivity index (χ2n) is 21.2. The van der Waals surface area contributed by atoms with Crippen molar-refractivity contribution in [3.8, 4) is 0 Å². The zero-order chi connectivity index (χ0) is 46.9. The molecule has 7 aliphatic rings. The third-order valence-electron chi connectivity index (χ3n) is 15.5. The summed E-state index contributed by atoms with van der Waals surface area (Å²) in [6, 6.07) is 0. The molecule has 6 fully saturated rings. The Balaban J connectivity index is 0.905. The molecule has 368 valence electrons. The van der Waals surface area contributed by atoms with E-state index in [1.807, 2.05) is 19.1 Å². The molecule has 6 saturated heterocycles. The maximum absolute atomic E-state index is 12.9. The van der Waals surface area contributed by atoms with E-state index in [1.165, 1.54) is 6.92 Å². The molecular formula is C51H80O14. The number of esters is 1. The first-order chi connectivity index (χ1) is 30.8. The molecule has 0 aromatic carbocycles. The Morgan fingerprint density at radius 3 is 2.55 bits per heavy atom. The minimum absolute atomic E-state index is 0.00302. The average Bonchev–Trinajstić information content (AvgIpc) is 3.66. The monoisotopic (exact) mass is 917 g/mol. The van der Waals surface area contributed by atoms with Gasteiger partial charge in [-0.25, -0.2) is 4.79 Å². The van der Waals surface area contributed by atoms with E-state index in [9.17, 15) is 25.2 Å². The van der Waals surface area contributed by atoms with Gasteiger partial charge in [0.15, 0.2) is 17.2 Å². The molecule has 14 heteroatoms. The molecule has 18 atom stereocenters. The molecule has 5 N–H and O–H groups in total. The molecule has 65 heavy (non-hydrogen) atoms. The maximum atomic E-state index is 12.9. The van der Waals surface area contributed by atoms with Crippen molar-refractivity contribution in [1.29, 1.82) is 0 Å². The van der Waals surface area contributed by atoms with Gasteiger partial charge < -0.3 is 63.4 Å². The first-order valence-corrected chi connectivity index (χ1v) is 24.7. The number of carbonyl (C=O) groups excluding carboxylic acids is 1. The summed E-state index contributed by atoms with van der Waals surface area (Å²) in [6.07, 6.45) is 10.7. The predicted octanol–water partition coefficient (Wildman–Crippen LogP) is 6.25. The summed E-state index contributed by atoms with van der Waals surface area (Å²) in [5.74, 6) is -3.04. The van der Waals surface area contributed by atoms with Crippen molar-refractivity contribution >= 4 is 5.97 Å². The Morgan fingerprint density at radius 2 is 1.80 bits per heavy atom. The highest BCUT2D eigenvalue weighted by Crippen LogP contribution is 2.48. The predicted molar refractivity (Wildman–Crippen MR) is 241 cm³/mol. The minimum atomic E-state index is -1.83. The highest BCUT2D eigenvalue weighted by Gasteiger charge is 2.55. The zero-order valence-electron chi connectivity index (χ0n) is 40.0. The fourth-order valence-electron chi connectivity index (χ4n) is 11.6. The Hall–Kier alpha value is -2.05. The Labute approximate surface area is 386 Å². The Bertz CT molecular complexity index is 1750. The molecule has 7 aliphatic heterocycles. The van der Waals surface area contributed by atoms with Gasteiger partial charge in [0.1, 0.15) is 31.0 Å². The second kappa shape index (κ2) is 20.9. The van der Waals surface area contributed by atoms with Crippen molar-refractivity contribution in [2.75, 3.05) is 19.8 Å². The van der Waals surface area contributed by atoms with Crippen LogP contribution < -0.4 is 0 Å². The van der Waals surface area contributed by atoms with Gasteiger partial charge in [0.05, 0.1) is 43.2 Å². The lowest BCUT2D eigenvalue weighted by Gasteiger charge is -2.51. The van der Waals surface area contributed by atoms with Crippen LogP contribution in [-0.2, 0) is 42.7 Å². The molecule has 0 saturated carbocycles. The quantitative estimate of drug-likeness (QED) is 0.0971. The van der Waals surface area contributed by atoms with E-state index >= 15 is 0 Å². The van der Waals surface area contributed by atoms with Crippen LogP contribution in [-0.4, -0.2) is 135 Å². The summed E-state index contributed by atoms with van der Waals surface area (Å²) in [7, 11) is 0. The smallest absolute Gasteiger partial charge is 0.338 e. The van der Waals surface area contributed by atoms with Crippen LogP contribution in [0.15, 0.2) is 47.6 Å². The molecular weight excluding hydrogens is 837 g/mol. The Morgan fingerprint density at radius 1 is 1.03 bits per heavy atom. The van der Waals surface area contributed by atoms with Gasteiger partial charge in [0.25, 0.3) is 0 Å². The standard InChI is InChI=1S/C51H80O14/c1-30(11-9-23-52)29-58-47(56)48(8,57)28-38-15-16-42(54)51(62-38)27-31(2)25-41(63-51)32(3)13-14-37-18-20-49(61-37)21-19-40-46(64-49)43(55)36(7)45(60-40)39(53)26-34(5)44-33(4)17-22-50(65-44)35(6)12-10-24-59-50/h11,13-14,27,32-35,37-46,52-55,57H,7,9-10,12,15-26,28-29H2,1-6,8H3/b14-13+,30-11+/t32-,33-,34+,35-,37+,38+,39+,40-,41+,42-,43-,44+,45+,46-,48-,49-,50-,51-/m1/s1. The molecule has 0 bridgehead atoms. The van der Waals surface area contributed by atoms with Gasteiger partial charge in [-0.2, -0.15) is 0 Å². The van der Waals surface area contributed by atoms with Crippen molar-refractivity contribution in [2.24, 2.45) is 23.7 Å². The van der Waals surface area contributed by atoms with Gasteiger partial charge in [-0.3, -0.25) is 0 Å². The number of hydrogen-bond acceptors (Lipinski definition) is 14. The number of hydrogen-bond donors (Lipinski definition) is 5. The van der Waals surface area contributed by atoms with E-state index in [1.54, 1.807) is 13.0 Å². The van der Waals surface area contributed by atoms with E-state index in [4.69, 9.17) is 43.0 Å². The summed E-state index contributed by atoms with van der Waals surface area (Å²) in [4.78, 5) is 12.9. The van der Waals surface area contributed by atoms with Crippen molar-refractivity contribution < 1.29 is 68.2 Å². The molecule has 0 aliphatic carbocycles. The van der Waals surface area contributed by atoms with Gasteiger partial charge in [0.2, 0.25) is 5.79 Å². The van der Waals surface area contributed by atoms with Crippen molar-refractivity contribution in [1.82, 2.24) is 0 Å². The van der Waals surface area contributed by atoms with Gasteiger partial charge in [-0.05, 0) is 114 Å². The van der Waals surface area contributed by atoms with Gasteiger partial charge in [0, 0.05) is 44.1 Å². The molecule has 0 radical (unpaired) electrons. The molecule has 14 nitrogen and oxygen atoms in total. The number of ether oxygens (including phenoxy) is 8. The number of carbonyl (C=O) groups is 1. The van der Waals surface area contributed by atoms with Crippen LogP contribution in [0.2, 0.25) is 0 Å². The molecule has 0 aromatic heterocycles. The van der Waals surface area contributed by atoms with E-state index < -0.39 is 71.7 Å². The van der Waals surface area contributed by atoms with Crippen LogP contribution in [0.4, 0.5) is 0 Å². The number of aliphatic hydroxyl groups is 5. The second-order valence-corrected chi connectivity index (χ2v) is 21.2. The van der Waals surface area contributed by atoms with E-state index in [2.05, 4.69) is 40.3 Å². The lowest BCUT2D eigenvalue weighted by Crippen LogP contribution is -2.60. The van der Waals surface area contributed by atoms with Crippen LogP contribution in [0.1, 0.15) is 138 Å². The molecule has 0 amide bonds. The number of fused-ring (bicyclic) bond motifs is 1. The molecule has 7 rings (SSSR count). The van der Waals surface area contributed by atoms with E-state index in [-0.39, 0.29) is 49.8 Å². The molecule has 0 aromatic rings. The first-order valence-electron chi connectivity index (χ1n) is 24.7. The summed E-state index contributed by atoms with van der Waals surface area (Å²) in [5, 5.41) is 54.8. The number of aliphatic hydroxyl groups excluding tert-OH is 4. The zero-order valence-corrected chi connectivity index (χ0v) is 40.0. The molecule has 7 heterocycles. The fourth-order valence-corrected chi connectivity index (χ4v) is 11.6. The van der Waals surface area contributed by atoms with E-state index in [0.29, 0.717) is 75.4 Å².